The lowest BCUT2D eigenvalue weighted by Gasteiger charge is -2.32. The summed E-state index contributed by atoms with van der Waals surface area (Å²) < 4.78 is 28.5. The molecule has 1 unspecified atom stereocenters. The molecule has 1 fully saturated rings. The Morgan fingerprint density at radius 2 is 2.19 bits per heavy atom. The van der Waals surface area contributed by atoms with Crippen molar-refractivity contribution in [3.63, 3.8) is 0 Å². The van der Waals surface area contributed by atoms with Gasteiger partial charge in [0.1, 0.15) is 0 Å². The highest BCUT2D eigenvalue weighted by Gasteiger charge is 2.26. The number of aliphatic hydroxyl groups is 1. The molecule has 1 saturated heterocycles. The Hall–Kier alpha value is -1.44. The van der Waals surface area contributed by atoms with Gasteiger partial charge in [0, 0.05) is 24.9 Å². The third-order valence-electron chi connectivity index (χ3n) is 3.50. The molecule has 116 valence electrons. The van der Waals surface area contributed by atoms with Gasteiger partial charge in [0.05, 0.1) is 24.2 Å². The molecule has 0 saturated carbocycles. The number of carbonyl (C=O) groups excluding carboxylic acids is 1. The molecule has 1 heterocycles. The van der Waals surface area contributed by atoms with E-state index in [1.807, 2.05) is 0 Å². The quantitative estimate of drug-likeness (QED) is 0.864. The van der Waals surface area contributed by atoms with Gasteiger partial charge in [0.15, 0.2) is 9.84 Å². The Balaban J connectivity index is 2.30. The smallest absolute Gasteiger partial charge is 0.254 e. The number of aryl methyl sites for hydroxylation is 1. The first-order valence-electron chi connectivity index (χ1n) is 6.65. The predicted octanol–water partition coefficient (Wildman–Crippen LogP) is 0.232. The van der Waals surface area contributed by atoms with Gasteiger partial charge in [0.2, 0.25) is 0 Å². The fourth-order valence-corrected chi connectivity index (χ4v) is 2.89. The molecule has 7 heteroatoms. The zero-order valence-corrected chi connectivity index (χ0v) is 12.9. The molecule has 1 aliphatic rings. The lowest BCUT2D eigenvalue weighted by Crippen LogP contribution is -2.47. The third-order valence-corrected chi connectivity index (χ3v) is 4.61. The summed E-state index contributed by atoms with van der Waals surface area (Å²) in [5.74, 6) is -0.236. The van der Waals surface area contributed by atoms with Crippen molar-refractivity contribution < 1.29 is 23.1 Å². The van der Waals surface area contributed by atoms with E-state index in [1.165, 1.54) is 12.1 Å². The Morgan fingerprint density at radius 1 is 1.48 bits per heavy atom. The summed E-state index contributed by atoms with van der Waals surface area (Å²) in [5, 5.41) is 9.12. The number of amides is 1. The maximum atomic E-state index is 12.6. The molecule has 1 aromatic rings. The van der Waals surface area contributed by atoms with Crippen molar-refractivity contribution in [2.45, 2.75) is 17.9 Å². The molecule has 0 radical (unpaired) electrons. The maximum Gasteiger partial charge on any atom is 0.254 e. The van der Waals surface area contributed by atoms with Crippen LogP contribution in [-0.4, -0.2) is 63.0 Å². The molecule has 1 amide bonds. The van der Waals surface area contributed by atoms with E-state index in [0.717, 1.165) is 11.8 Å². The summed E-state index contributed by atoms with van der Waals surface area (Å²) in [4.78, 5) is 14.3. The van der Waals surface area contributed by atoms with Crippen LogP contribution in [0.2, 0.25) is 0 Å². The number of sulfone groups is 1. The molecule has 0 bridgehead atoms. The standard InChI is InChI=1S/C14H19NO5S/c1-10-3-4-12(21(2,18)19)7-13(10)14(17)15-5-6-20-11(8-15)9-16/h3-4,7,11,16H,5-6,8-9H2,1-2H3. The van der Waals surface area contributed by atoms with Gasteiger partial charge >= 0.3 is 0 Å². The van der Waals surface area contributed by atoms with Gasteiger partial charge in [0.25, 0.3) is 5.91 Å². The number of aliphatic hydroxyl groups excluding tert-OH is 1. The van der Waals surface area contributed by atoms with Crippen molar-refractivity contribution in [2.75, 3.05) is 32.6 Å². The summed E-state index contributed by atoms with van der Waals surface area (Å²) in [6.45, 7) is 2.72. The minimum absolute atomic E-state index is 0.128. The zero-order valence-electron chi connectivity index (χ0n) is 12.1. The highest BCUT2D eigenvalue weighted by Crippen LogP contribution is 2.18. The van der Waals surface area contributed by atoms with Crippen LogP contribution in [0.25, 0.3) is 0 Å². The highest BCUT2D eigenvalue weighted by atomic mass is 32.2. The van der Waals surface area contributed by atoms with Crippen molar-refractivity contribution in [2.24, 2.45) is 0 Å². The molecular weight excluding hydrogens is 294 g/mol. The molecule has 1 aliphatic heterocycles. The van der Waals surface area contributed by atoms with Crippen molar-refractivity contribution in [3.8, 4) is 0 Å². The molecule has 0 aromatic heterocycles. The number of hydrogen-bond donors (Lipinski definition) is 1. The second-order valence-corrected chi connectivity index (χ2v) is 7.19. The average molecular weight is 313 g/mol. The molecule has 21 heavy (non-hydrogen) atoms. The Morgan fingerprint density at radius 3 is 2.81 bits per heavy atom. The highest BCUT2D eigenvalue weighted by molar-refractivity contribution is 7.90. The summed E-state index contributed by atoms with van der Waals surface area (Å²) in [6.07, 6.45) is 0.726. The minimum atomic E-state index is -3.36. The monoisotopic (exact) mass is 313 g/mol. The van der Waals surface area contributed by atoms with E-state index in [0.29, 0.717) is 25.3 Å². The lowest BCUT2D eigenvalue weighted by atomic mass is 10.1. The van der Waals surface area contributed by atoms with Crippen molar-refractivity contribution in [1.29, 1.82) is 0 Å². The normalized spacial score (nSPS) is 19.6. The Kier molecular flexibility index (Phi) is 4.65. The third kappa shape index (κ3) is 3.61. The maximum absolute atomic E-state index is 12.6. The second kappa shape index (κ2) is 6.13. The van der Waals surface area contributed by atoms with Gasteiger partial charge < -0.3 is 14.7 Å². The van der Waals surface area contributed by atoms with Gasteiger partial charge in [-0.1, -0.05) is 6.07 Å². The molecule has 1 N–H and O–H groups in total. The fourth-order valence-electron chi connectivity index (χ4n) is 2.25. The largest absolute Gasteiger partial charge is 0.394 e. The van der Waals surface area contributed by atoms with Gasteiger partial charge in [-0.3, -0.25) is 4.79 Å². The van der Waals surface area contributed by atoms with Gasteiger partial charge in [-0.15, -0.1) is 0 Å². The number of hydrogen-bond acceptors (Lipinski definition) is 5. The molecule has 1 aromatic carbocycles. The van der Waals surface area contributed by atoms with E-state index in [1.54, 1.807) is 17.9 Å². The van der Waals surface area contributed by atoms with Crippen LogP contribution in [0.3, 0.4) is 0 Å². The molecule has 0 spiro atoms. The van der Waals surface area contributed by atoms with E-state index in [4.69, 9.17) is 9.84 Å². The fraction of sp³-hybridized carbons (Fsp3) is 0.500. The first kappa shape index (κ1) is 15.9. The SMILES string of the molecule is Cc1ccc(S(C)(=O)=O)cc1C(=O)N1CCOC(CO)C1. The van der Waals surface area contributed by atoms with E-state index >= 15 is 0 Å². The van der Waals surface area contributed by atoms with Crippen LogP contribution in [0, 0.1) is 6.92 Å². The number of morpholine rings is 1. The van der Waals surface area contributed by atoms with Crippen LogP contribution in [0.5, 0.6) is 0 Å². The zero-order chi connectivity index (χ0) is 15.6. The van der Waals surface area contributed by atoms with Gasteiger partial charge in [-0.25, -0.2) is 8.42 Å². The molecule has 2 rings (SSSR count). The summed E-state index contributed by atoms with van der Waals surface area (Å²) in [5.41, 5.74) is 1.09. The molecular formula is C14H19NO5S. The lowest BCUT2D eigenvalue weighted by molar-refractivity contribution is -0.0447. The van der Waals surface area contributed by atoms with Crippen LogP contribution >= 0.6 is 0 Å². The first-order valence-corrected chi connectivity index (χ1v) is 8.54. The summed E-state index contributed by atoms with van der Waals surface area (Å²) >= 11 is 0. The average Bonchev–Trinajstić information content (AvgIpc) is 2.46. The first-order chi connectivity index (χ1) is 9.82. The van der Waals surface area contributed by atoms with Crippen molar-refractivity contribution >= 4 is 15.7 Å². The van der Waals surface area contributed by atoms with Gasteiger partial charge in [-0.05, 0) is 24.6 Å². The number of ether oxygens (including phenoxy) is 1. The van der Waals surface area contributed by atoms with Crippen LogP contribution in [0.1, 0.15) is 15.9 Å². The van der Waals surface area contributed by atoms with Crippen molar-refractivity contribution in [3.05, 3.63) is 29.3 Å². The number of rotatable bonds is 3. The summed E-state index contributed by atoms with van der Waals surface area (Å²) in [7, 11) is -3.36. The topological polar surface area (TPSA) is 83.9 Å². The van der Waals surface area contributed by atoms with E-state index < -0.39 is 9.84 Å². The summed E-state index contributed by atoms with van der Waals surface area (Å²) in [6, 6.07) is 4.54. The molecule has 6 nitrogen and oxygen atoms in total. The number of nitrogens with zero attached hydrogens (tertiary/aromatic N) is 1. The van der Waals surface area contributed by atoms with E-state index in [-0.39, 0.29) is 23.5 Å². The van der Waals surface area contributed by atoms with Crippen LogP contribution in [-0.2, 0) is 14.6 Å². The van der Waals surface area contributed by atoms with E-state index in [2.05, 4.69) is 0 Å². The van der Waals surface area contributed by atoms with Gasteiger partial charge in [-0.2, -0.15) is 0 Å². The number of benzene rings is 1. The minimum Gasteiger partial charge on any atom is -0.394 e. The molecule has 1 atom stereocenters. The predicted molar refractivity (Wildman–Crippen MR) is 77.0 cm³/mol. The van der Waals surface area contributed by atoms with Crippen LogP contribution in [0.4, 0.5) is 0 Å². The number of carbonyl (C=O) groups is 1. The molecule has 0 aliphatic carbocycles. The van der Waals surface area contributed by atoms with Crippen LogP contribution < -0.4 is 0 Å². The van der Waals surface area contributed by atoms with Crippen LogP contribution in [0.15, 0.2) is 23.1 Å². The van der Waals surface area contributed by atoms with E-state index in [9.17, 15) is 13.2 Å². The Bertz CT molecular complexity index is 641. The van der Waals surface area contributed by atoms with Crippen molar-refractivity contribution in [1.82, 2.24) is 4.90 Å². The Labute approximate surface area is 124 Å². The second-order valence-electron chi connectivity index (χ2n) is 5.18.